The minimum Gasteiger partial charge on any atom is -0.385 e. The summed E-state index contributed by atoms with van der Waals surface area (Å²) in [6.07, 6.45) is 0.380. The van der Waals surface area contributed by atoms with Gasteiger partial charge in [0, 0.05) is 38.9 Å². The van der Waals surface area contributed by atoms with E-state index in [0.29, 0.717) is 24.4 Å². The van der Waals surface area contributed by atoms with Crippen molar-refractivity contribution in [2.75, 3.05) is 33.4 Å². The van der Waals surface area contributed by atoms with Crippen LogP contribution in [-0.2, 0) is 34.8 Å². The lowest BCUT2D eigenvalue weighted by Crippen LogP contribution is -2.44. The normalized spacial score (nSPS) is 18.2. The second kappa shape index (κ2) is 10.6. The molecule has 12 nitrogen and oxygen atoms in total. The van der Waals surface area contributed by atoms with Crippen molar-refractivity contribution in [2.45, 2.75) is 39.6 Å². The average Bonchev–Trinajstić information content (AvgIpc) is 3.25. The van der Waals surface area contributed by atoms with Crippen LogP contribution < -0.4 is 4.13 Å². The van der Waals surface area contributed by atoms with Gasteiger partial charge in [-0.3, -0.25) is 5.01 Å². The Morgan fingerprint density at radius 1 is 1.20 bits per heavy atom. The van der Waals surface area contributed by atoms with Gasteiger partial charge in [-0.25, -0.2) is 25.3 Å². The van der Waals surface area contributed by atoms with Gasteiger partial charge in [-0.2, -0.15) is 4.31 Å². The third-order valence-electron chi connectivity index (χ3n) is 5.37. The minimum atomic E-state index is -4.67. The Labute approximate surface area is 209 Å². The predicted molar refractivity (Wildman–Crippen MR) is 129 cm³/mol. The molecule has 1 aliphatic heterocycles. The Kier molecular flexibility index (Phi) is 8.35. The summed E-state index contributed by atoms with van der Waals surface area (Å²) >= 11 is 0.426. The predicted octanol–water partition coefficient (Wildman–Crippen LogP) is 1.81. The van der Waals surface area contributed by atoms with E-state index in [0.717, 1.165) is 20.9 Å². The summed E-state index contributed by atoms with van der Waals surface area (Å²) in [4.78, 5) is 11.2. The van der Waals surface area contributed by atoms with E-state index in [1.54, 1.807) is 18.0 Å². The monoisotopic (exact) mass is 566 g/mol. The highest BCUT2D eigenvalue weighted by Crippen LogP contribution is 2.42. The highest BCUT2D eigenvalue weighted by Gasteiger charge is 2.43. The molecule has 0 fully saturated rings. The summed E-state index contributed by atoms with van der Waals surface area (Å²) in [6.45, 7) is 3.82. The van der Waals surface area contributed by atoms with Crippen molar-refractivity contribution < 1.29 is 30.0 Å². The van der Waals surface area contributed by atoms with Crippen LogP contribution in [0.15, 0.2) is 48.9 Å². The Morgan fingerprint density at radius 2 is 1.86 bits per heavy atom. The molecule has 0 radical (unpaired) electrons. The van der Waals surface area contributed by atoms with Gasteiger partial charge in [0.1, 0.15) is 8.42 Å². The van der Waals surface area contributed by atoms with Crippen LogP contribution in [0.5, 0.6) is 0 Å². The van der Waals surface area contributed by atoms with Crippen LogP contribution in [0.3, 0.4) is 0 Å². The quantitative estimate of drug-likeness (QED) is 0.243. The second-order valence-corrected chi connectivity index (χ2v) is 14.8. The zero-order chi connectivity index (χ0) is 26.0. The fourth-order valence-corrected chi connectivity index (χ4v) is 10.5. The Balaban J connectivity index is 2.04. The lowest BCUT2D eigenvalue weighted by Gasteiger charge is -2.35. The summed E-state index contributed by atoms with van der Waals surface area (Å²) in [5.74, 6) is 0. The van der Waals surface area contributed by atoms with Gasteiger partial charge in [-0.1, -0.05) is 21.8 Å². The number of ether oxygens (including phenoxy) is 1. The summed E-state index contributed by atoms with van der Waals surface area (Å²) < 4.78 is 84.9. The van der Waals surface area contributed by atoms with Crippen molar-refractivity contribution >= 4 is 41.4 Å². The van der Waals surface area contributed by atoms with Crippen LogP contribution in [0.4, 0.5) is 0 Å². The SMILES string of the molecule is CCN(N=O)[C@H]1CN(CCCOC)S(=O)(=O)c2sc(S(=O)(=O)NS(=O)(=O)c3ccc(C)cc3)cc21. The van der Waals surface area contributed by atoms with Gasteiger partial charge >= 0.3 is 0 Å². The number of likely N-dealkylation sites (N-methyl/N-ethyl adjacent to an activating group) is 1. The molecule has 1 aromatic heterocycles. The van der Waals surface area contributed by atoms with Crippen molar-refractivity contribution in [2.24, 2.45) is 5.29 Å². The molecule has 0 spiro atoms. The topological polar surface area (TPSA) is 160 Å². The lowest BCUT2D eigenvalue weighted by atomic mass is 10.1. The van der Waals surface area contributed by atoms with Gasteiger partial charge in [0.25, 0.3) is 30.1 Å². The highest BCUT2D eigenvalue weighted by atomic mass is 32.3. The van der Waals surface area contributed by atoms with Crippen LogP contribution in [0.25, 0.3) is 0 Å². The van der Waals surface area contributed by atoms with Crippen LogP contribution in [0.2, 0.25) is 0 Å². The molecule has 2 aromatic rings. The number of methoxy groups -OCH3 is 1. The largest absolute Gasteiger partial charge is 0.385 e. The van der Waals surface area contributed by atoms with E-state index in [4.69, 9.17) is 4.74 Å². The molecule has 0 unspecified atom stereocenters. The van der Waals surface area contributed by atoms with Crippen molar-refractivity contribution in [1.82, 2.24) is 13.4 Å². The maximum atomic E-state index is 13.3. The first-order valence-electron chi connectivity index (χ1n) is 10.5. The molecule has 1 aliphatic rings. The minimum absolute atomic E-state index is 0.0764. The third kappa shape index (κ3) is 5.73. The zero-order valence-electron chi connectivity index (χ0n) is 19.2. The Hall–Kier alpha value is -1.95. The number of nitrogens with zero attached hydrogens (tertiary/aromatic N) is 3. The first kappa shape index (κ1) is 27.6. The van der Waals surface area contributed by atoms with E-state index in [1.165, 1.54) is 31.4 Å². The number of nitrogens with one attached hydrogen (secondary N) is 1. The van der Waals surface area contributed by atoms with Crippen molar-refractivity contribution in [3.8, 4) is 0 Å². The highest BCUT2D eigenvalue weighted by molar-refractivity contribution is 8.05. The van der Waals surface area contributed by atoms with Crippen LogP contribution in [-0.4, -0.2) is 67.9 Å². The molecule has 0 bridgehead atoms. The van der Waals surface area contributed by atoms with Gasteiger partial charge in [-0.15, -0.1) is 16.2 Å². The molecule has 194 valence electrons. The number of hydrogen-bond donors (Lipinski definition) is 1. The first-order chi connectivity index (χ1) is 16.4. The maximum Gasteiger partial charge on any atom is 0.263 e. The van der Waals surface area contributed by atoms with Gasteiger partial charge < -0.3 is 4.74 Å². The Bertz CT molecular complexity index is 1390. The van der Waals surface area contributed by atoms with E-state index >= 15 is 0 Å². The van der Waals surface area contributed by atoms with Crippen LogP contribution in [0, 0.1) is 11.8 Å². The van der Waals surface area contributed by atoms with Crippen molar-refractivity contribution in [1.29, 1.82) is 0 Å². The third-order valence-corrected chi connectivity index (χ3v) is 12.9. The molecule has 35 heavy (non-hydrogen) atoms. The average molecular weight is 567 g/mol. The number of nitroso groups, excluding NO2 is 1. The van der Waals surface area contributed by atoms with Gasteiger partial charge in [0.2, 0.25) is 0 Å². The van der Waals surface area contributed by atoms with E-state index in [-0.39, 0.29) is 34.3 Å². The molecule has 1 N–H and O–H groups in total. The number of rotatable bonds is 11. The molecule has 2 heterocycles. The lowest BCUT2D eigenvalue weighted by molar-refractivity contribution is 0.159. The molecule has 1 atom stereocenters. The van der Waals surface area contributed by atoms with E-state index in [1.807, 2.05) is 0 Å². The van der Waals surface area contributed by atoms with E-state index in [2.05, 4.69) is 5.29 Å². The molecule has 16 heteroatoms. The summed E-state index contributed by atoms with van der Waals surface area (Å²) in [7, 11) is -11.8. The van der Waals surface area contributed by atoms with Crippen molar-refractivity contribution in [3.63, 3.8) is 0 Å². The van der Waals surface area contributed by atoms with Crippen LogP contribution >= 0.6 is 11.3 Å². The summed E-state index contributed by atoms with van der Waals surface area (Å²) in [5.41, 5.74) is 0.862. The molecule has 0 aliphatic carbocycles. The van der Waals surface area contributed by atoms with Gasteiger partial charge in [0.05, 0.1) is 16.2 Å². The van der Waals surface area contributed by atoms with Crippen LogP contribution in [0.1, 0.15) is 30.5 Å². The van der Waals surface area contributed by atoms with Gasteiger partial charge in [0.15, 0.2) is 0 Å². The van der Waals surface area contributed by atoms with E-state index in [9.17, 15) is 30.2 Å². The number of aryl methyl sites for hydroxylation is 1. The van der Waals surface area contributed by atoms with Crippen molar-refractivity contribution in [3.05, 3.63) is 46.4 Å². The summed E-state index contributed by atoms with van der Waals surface area (Å²) in [5, 5.41) is 4.09. The molecule has 0 amide bonds. The number of fused-ring (bicyclic) bond motifs is 1. The molecular formula is C19H26N4O8S4. The number of sulfonamides is 3. The fourth-order valence-electron chi connectivity index (χ4n) is 3.58. The van der Waals surface area contributed by atoms with Gasteiger partial charge in [-0.05, 0) is 38.5 Å². The molecule has 3 rings (SSSR count). The number of hydrogen-bond acceptors (Lipinski definition) is 10. The first-order valence-corrected chi connectivity index (χ1v) is 15.7. The maximum absolute atomic E-state index is 13.3. The fraction of sp³-hybridized carbons (Fsp3) is 0.474. The smallest absolute Gasteiger partial charge is 0.263 e. The van der Waals surface area contributed by atoms with E-state index < -0.39 is 40.3 Å². The molecular weight excluding hydrogens is 540 g/mol. The summed E-state index contributed by atoms with van der Waals surface area (Å²) in [6, 6.07) is 5.82. The molecule has 1 aromatic carbocycles. The standard InChI is InChI=1S/C19H26N4O8S4/c1-4-23(20-24)17-13-22(10-5-11-31-3)35(29,30)19-16(17)12-18(32-19)34(27,28)21-33(25,26)15-8-6-14(2)7-9-15/h6-9,12,17,21H,4-5,10-11,13H2,1-3H3/t17-/m0/s1. The number of benzene rings is 1. The molecule has 0 saturated carbocycles. The second-order valence-electron chi connectivity index (χ2n) is 7.77. The Morgan fingerprint density at radius 3 is 2.43 bits per heavy atom. The molecule has 0 saturated heterocycles. The number of thiophene rings is 1. The zero-order valence-corrected chi connectivity index (χ0v) is 22.5.